The van der Waals surface area contributed by atoms with E-state index in [4.69, 9.17) is 4.74 Å². The average Bonchev–Trinajstić information content (AvgIpc) is 2.85. The number of hydrogen-bond acceptors (Lipinski definition) is 3. The van der Waals surface area contributed by atoms with Crippen molar-refractivity contribution in [2.75, 3.05) is 12.4 Å². The van der Waals surface area contributed by atoms with Crippen molar-refractivity contribution < 1.29 is 9.53 Å². The van der Waals surface area contributed by atoms with Crippen molar-refractivity contribution in [3.63, 3.8) is 0 Å². The van der Waals surface area contributed by atoms with Gasteiger partial charge < -0.3 is 14.8 Å². The molecule has 1 heterocycles. The van der Waals surface area contributed by atoms with E-state index in [1.165, 1.54) is 0 Å². The second-order valence-electron chi connectivity index (χ2n) is 4.65. The lowest BCUT2D eigenvalue weighted by Crippen LogP contribution is -2.12. The number of nitrogens with one attached hydrogen (secondary N) is 1. The number of fused-ring (bicyclic) bond motifs is 1. The Morgan fingerprint density at radius 2 is 1.95 bits per heavy atom. The third-order valence-corrected chi connectivity index (χ3v) is 3.59. The van der Waals surface area contributed by atoms with Crippen LogP contribution in [-0.2, 0) is 4.79 Å². The minimum Gasteiger partial charge on any atom is -0.497 e. The van der Waals surface area contributed by atoms with Gasteiger partial charge >= 0.3 is 0 Å². The standard InChI is InChI=1S/C16H15NO2/c1-19-12-7-8-15-13(9-12)14(10-18)16(17-15)11-5-3-2-4-6-11/h2-10,14,16-17H,1H3. The molecule has 3 heteroatoms. The molecular weight excluding hydrogens is 238 g/mol. The summed E-state index contributed by atoms with van der Waals surface area (Å²) in [6.07, 6.45) is 1.01. The van der Waals surface area contributed by atoms with Crippen molar-refractivity contribution in [1.29, 1.82) is 0 Å². The lowest BCUT2D eigenvalue weighted by atomic mass is 9.92. The molecule has 0 aromatic heterocycles. The highest BCUT2D eigenvalue weighted by molar-refractivity contribution is 5.76. The van der Waals surface area contributed by atoms with Gasteiger partial charge in [-0.1, -0.05) is 30.3 Å². The van der Waals surface area contributed by atoms with E-state index in [1.807, 2.05) is 48.5 Å². The van der Waals surface area contributed by atoms with E-state index in [-0.39, 0.29) is 12.0 Å². The first-order chi connectivity index (χ1) is 9.33. The molecule has 0 bridgehead atoms. The van der Waals surface area contributed by atoms with Gasteiger partial charge in [-0.25, -0.2) is 0 Å². The van der Waals surface area contributed by atoms with Crippen LogP contribution < -0.4 is 10.1 Å². The van der Waals surface area contributed by atoms with Crippen LogP contribution in [0.25, 0.3) is 0 Å². The number of ether oxygens (including phenoxy) is 1. The summed E-state index contributed by atoms with van der Waals surface area (Å²) in [4.78, 5) is 11.5. The number of rotatable bonds is 3. The molecule has 2 unspecified atom stereocenters. The summed E-state index contributed by atoms with van der Waals surface area (Å²) in [5.41, 5.74) is 3.13. The summed E-state index contributed by atoms with van der Waals surface area (Å²) in [5, 5.41) is 3.42. The number of aldehydes is 1. The zero-order valence-corrected chi connectivity index (χ0v) is 10.7. The first kappa shape index (κ1) is 11.8. The SMILES string of the molecule is COc1ccc2c(c1)C(C=O)C(c1ccccc1)N2. The Balaban J connectivity index is 2.02. The zero-order valence-electron chi connectivity index (χ0n) is 10.7. The maximum Gasteiger partial charge on any atom is 0.129 e. The van der Waals surface area contributed by atoms with Gasteiger partial charge in [0.1, 0.15) is 12.0 Å². The monoisotopic (exact) mass is 253 g/mol. The van der Waals surface area contributed by atoms with Crippen molar-refractivity contribution in [1.82, 2.24) is 0 Å². The lowest BCUT2D eigenvalue weighted by Gasteiger charge is -2.15. The third-order valence-electron chi connectivity index (χ3n) is 3.59. The van der Waals surface area contributed by atoms with Crippen molar-refractivity contribution in [2.45, 2.75) is 12.0 Å². The van der Waals surface area contributed by atoms with E-state index in [0.717, 1.165) is 28.8 Å². The summed E-state index contributed by atoms with van der Waals surface area (Å²) in [7, 11) is 1.63. The van der Waals surface area contributed by atoms with E-state index >= 15 is 0 Å². The zero-order chi connectivity index (χ0) is 13.2. The van der Waals surface area contributed by atoms with Crippen molar-refractivity contribution in [3.05, 3.63) is 59.7 Å². The van der Waals surface area contributed by atoms with Crippen molar-refractivity contribution >= 4 is 12.0 Å². The van der Waals surface area contributed by atoms with Crippen LogP contribution in [0.5, 0.6) is 5.75 Å². The van der Waals surface area contributed by atoms with Crippen LogP contribution >= 0.6 is 0 Å². The minimum atomic E-state index is -0.174. The molecule has 1 N–H and O–H groups in total. The van der Waals surface area contributed by atoms with Crippen LogP contribution in [0.2, 0.25) is 0 Å². The Morgan fingerprint density at radius 3 is 2.63 bits per heavy atom. The van der Waals surface area contributed by atoms with Crippen LogP contribution in [-0.4, -0.2) is 13.4 Å². The predicted molar refractivity (Wildman–Crippen MR) is 74.6 cm³/mol. The maximum absolute atomic E-state index is 11.5. The fraction of sp³-hybridized carbons (Fsp3) is 0.188. The fourth-order valence-electron chi connectivity index (χ4n) is 2.61. The van der Waals surface area contributed by atoms with Crippen LogP contribution in [0.3, 0.4) is 0 Å². The molecule has 1 aliphatic heterocycles. The van der Waals surface area contributed by atoms with Gasteiger partial charge in [0.05, 0.1) is 19.1 Å². The van der Waals surface area contributed by atoms with E-state index in [9.17, 15) is 4.79 Å². The number of hydrogen-bond donors (Lipinski definition) is 1. The number of benzene rings is 2. The molecule has 2 aromatic carbocycles. The predicted octanol–water partition coefficient (Wildman–Crippen LogP) is 3.14. The number of carbonyl (C=O) groups excluding carboxylic acids is 1. The van der Waals surface area contributed by atoms with Crippen LogP contribution in [0.1, 0.15) is 23.1 Å². The molecule has 19 heavy (non-hydrogen) atoms. The topological polar surface area (TPSA) is 38.3 Å². The minimum absolute atomic E-state index is 0.000746. The van der Waals surface area contributed by atoms with E-state index in [2.05, 4.69) is 5.32 Å². The van der Waals surface area contributed by atoms with E-state index in [1.54, 1.807) is 7.11 Å². The number of anilines is 1. The molecule has 3 nitrogen and oxygen atoms in total. The summed E-state index contributed by atoms with van der Waals surface area (Å²) >= 11 is 0. The third kappa shape index (κ3) is 1.97. The molecule has 2 atom stereocenters. The van der Waals surface area contributed by atoms with Crippen molar-refractivity contribution in [2.24, 2.45) is 0 Å². The molecular formula is C16H15NO2. The Morgan fingerprint density at radius 1 is 1.16 bits per heavy atom. The van der Waals surface area contributed by atoms with Gasteiger partial charge in [-0.05, 0) is 29.3 Å². The molecule has 0 aliphatic carbocycles. The van der Waals surface area contributed by atoms with Crippen LogP contribution in [0.15, 0.2) is 48.5 Å². The van der Waals surface area contributed by atoms with Crippen LogP contribution in [0.4, 0.5) is 5.69 Å². The first-order valence-electron chi connectivity index (χ1n) is 6.28. The van der Waals surface area contributed by atoms with Gasteiger partial charge in [0.15, 0.2) is 0 Å². The Hall–Kier alpha value is -2.29. The Kier molecular flexibility index (Phi) is 2.95. The summed E-state index contributed by atoms with van der Waals surface area (Å²) in [6.45, 7) is 0. The van der Waals surface area contributed by atoms with Gasteiger partial charge in [-0.15, -0.1) is 0 Å². The van der Waals surface area contributed by atoms with Gasteiger partial charge in [0, 0.05) is 5.69 Å². The Labute approximate surface area is 112 Å². The molecule has 0 saturated heterocycles. The molecule has 0 amide bonds. The van der Waals surface area contributed by atoms with Crippen LogP contribution in [0, 0.1) is 0 Å². The summed E-state index contributed by atoms with van der Waals surface area (Å²) in [6, 6.07) is 15.8. The first-order valence-corrected chi connectivity index (χ1v) is 6.28. The lowest BCUT2D eigenvalue weighted by molar-refractivity contribution is -0.109. The molecule has 0 saturated carbocycles. The van der Waals surface area contributed by atoms with Crippen molar-refractivity contribution in [3.8, 4) is 5.75 Å². The number of methoxy groups -OCH3 is 1. The second kappa shape index (κ2) is 4.76. The maximum atomic E-state index is 11.5. The molecule has 0 radical (unpaired) electrons. The number of carbonyl (C=O) groups is 1. The molecule has 0 spiro atoms. The summed E-state index contributed by atoms with van der Waals surface area (Å²) < 4.78 is 5.23. The highest BCUT2D eigenvalue weighted by Crippen LogP contribution is 2.44. The summed E-state index contributed by atoms with van der Waals surface area (Å²) in [5.74, 6) is 0.605. The molecule has 1 aliphatic rings. The van der Waals surface area contributed by atoms with Gasteiger partial charge in [-0.2, -0.15) is 0 Å². The normalized spacial score (nSPS) is 20.5. The van der Waals surface area contributed by atoms with Gasteiger partial charge in [0.25, 0.3) is 0 Å². The van der Waals surface area contributed by atoms with E-state index < -0.39 is 0 Å². The highest BCUT2D eigenvalue weighted by Gasteiger charge is 2.33. The Bertz CT molecular complexity index is 595. The quantitative estimate of drug-likeness (QED) is 0.854. The average molecular weight is 253 g/mol. The highest BCUT2D eigenvalue weighted by atomic mass is 16.5. The van der Waals surface area contributed by atoms with Gasteiger partial charge in [0.2, 0.25) is 0 Å². The molecule has 96 valence electrons. The molecule has 0 fully saturated rings. The smallest absolute Gasteiger partial charge is 0.129 e. The van der Waals surface area contributed by atoms with Gasteiger partial charge in [-0.3, -0.25) is 0 Å². The largest absolute Gasteiger partial charge is 0.497 e. The fourth-order valence-corrected chi connectivity index (χ4v) is 2.61. The second-order valence-corrected chi connectivity index (χ2v) is 4.65. The molecule has 3 rings (SSSR count). The molecule has 2 aromatic rings. The van der Waals surface area contributed by atoms with E-state index in [0.29, 0.717) is 0 Å².